The van der Waals surface area contributed by atoms with E-state index in [4.69, 9.17) is 14.7 Å². The van der Waals surface area contributed by atoms with Crippen LogP contribution in [0.3, 0.4) is 0 Å². The van der Waals surface area contributed by atoms with Gasteiger partial charge in [-0.25, -0.2) is 19.7 Å². The van der Waals surface area contributed by atoms with E-state index < -0.39 is 15.3 Å². The van der Waals surface area contributed by atoms with Gasteiger partial charge < -0.3 is 20.3 Å². The number of benzene rings is 1. The number of aromatic nitrogens is 5. The van der Waals surface area contributed by atoms with E-state index in [0.29, 0.717) is 65.4 Å². The Bertz CT molecular complexity index is 1620. The summed E-state index contributed by atoms with van der Waals surface area (Å²) < 4.78 is 30.4. The quantitative estimate of drug-likeness (QED) is 0.209. The molecular formula is C28H34N8O4S2. The van der Waals surface area contributed by atoms with Gasteiger partial charge in [-0.3, -0.25) is 13.8 Å². The minimum atomic E-state index is -3.23. The molecule has 4 heterocycles. The molecule has 1 aliphatic carbocycles. The number of nitrogens with zero attached hydrogens (tertiary/aromatic N) is 6. The fourth-order valence-electron chi connectivity index (χ4n) is 5.25. The lowest BCUT2D eigenvalue weighted by Crippen LogP contribution is -2.44. The predicted octanol–water partition coefficient (Wildman–Crippen LogP) is 5.62. The van der Waals surface area contributed by atoms with Gasteiger partial charge in [-0.15, -0.1) is 21.9 Å². The molecule has 0 unspecified atom stereocenters. The standard InChI is InChI=1S/C28H34N8O4S2/c1-17-16-40-12-11-36(17)24-13-23(28(9-10-28)42(38,39)26-18(2)30-19(3)41-26)33-25(34-24)20-5-7-21(8-6-20)31-27(37)32-22-14-29-35(4)15-22/h5-8,13-15,17,38-39H,9-12,16H2,1-4H3,(H2,31,32,37)/t17-/m0/s1. The molecular weight excluding hydrogens is 576 g/mol. The van der Waals surface area contributed by atoms with Gasteiger partial charge in [-0.2, -0.15) is 5.10 Å². The molecule has 4 N–H and O–H groups in total. The highest BCUT2D eigenvalue weighted by atomic mass is 32.3. The van der Waals surface area contributed by atoms with Gasteiger partial charge in [0.2, 0.25) is 0 Å². The summed E-state index contributed by atoms with van der Waals surface area (Å²) in [5, 5.41) is 10.4. The number of ether oxygens (including phenoxy) is 1. The Labute approximate surface area is 249 Å². The normalized spacial score (nSPS) is 18.5. The lowest BCUT2D eigenvalue weighted by Gasteiger charge is -2.40. The number of carbonyl (C=O) groups excluding carboxylic acids is 1. The third-order valence-electron chi connectivity index (χ3n) is 7.57. The van der Waals surface area contributed by atoms with Gasteiger partial charge in [-0.1, -0.05) is 0 Å². The van der Waals surface area contributed by atoms with Gasteiger partial charge in [-0.05, 0) is 57.9 Å². The number of urea groups is 1. The predicted molar refractivity (Wildman–Crippen MR) is 165 cm³/mol. The van der Waals surface area contributed by atoms with Crippen molar-refractivity contribution in [2.24, 2.45) is 7.05 Å². The SMILES string of the molecule is Cc1nc(C)c(S(O)(O)C2(c3cc(N4CCOC[C@@H]4C)nc(-c4ccc(NC(=O)Nc5cnn(C)c5)cc4)n3)CC2)s1. The van der Waals surface area contributed by atoms with E-state index in [1.807, 2.05) is 32.0 Å². The second-order valence-electron chi connectivity index (χ2n) is 10.8. The monoisotopic (exact) mass is 610 g/mol. The number of thiazole rings is 1. The van der Waals surface area contributed by atoms with Crippen molar-refractivity contribution in [3.63, 3.8) is 0 Å². The summed E-state index contributed by atoms with van der Waals surface area (Å²) in [6.07, 6.45) is 4.49. The molecule has 6 rings (SSSR count). The number of rotatable bonds is 7. The van der Waals surface area contributed by atoms with Crippen LogP contribution in [-0.2, 0) is 16.5 Å². The molecule has 4 aromatic rings. The van der Waals surface area contributed by atoms with Crippen LogP contribution in [0, 0.1) is 13.8 Å². The smallest absolute Gasteiger partial charge is 0.323 e. The highest BCUT2D eigenvalue weighted by Gasteiger charge is 2.58. The first-order chi connectivity index (χ1) is 20.1. The van der Waals surface area contributed by atoms with Gasteiger partial charge in [0.1, 0.15) is 14.8 Å². The first-order valence-electron chi connectivity index (χ1n) is 13.7. The number of carbonyl (C=O) groups is 1. The third-order valence-corrected chi connectivity index (χ3v) is 11.9. The van der Waals surface area contributed by atoms with Gasteiger partial charge in [0.05, 0.1) is 47.5 Å². The summed E-state index contributed by atoms with van der Waals surface area (Å²) in [5.74, 6) is 1.20. The molecule has 0 bridgehead atoms. The summed E-state index contributed by atoms with van der Waals surface area (Å²) in [7, 11) is -1.46. The number of hydrogen-bond donors (Lipinski definition) is 4. The molecule has 2 aliphatic rings. The Morgan fingerprint density at radius 3 is 2.48 bits per heavy atom. The number of aryl methyl sites for hydroxylation is 3. The van der Waals surface area contributed by atoms with Crippen LogP contribution in [0.15, 0.2) is 46.9 Å². The summed E-state index contributed by atoms with van der Waals surface area (Å²) in [5.41, 5.74) is 3.20. The first kappa shape index (κ1) is 28.6. The molecule has 2 fully saturated rings. The first-order valence-corrected chi connectivity index (χ1v) is 16.0. The van der Waals surface area contributed by atoms with Crippen molar-refractivity contribution in [3.05, 3.63) is 59.1 Å². The van der Waals surface area contributed by atoms with Gasteiger partial charge in [0.25, 0.3) is 0 Å². The molecule has 1 aliphatic heterocycles. The van der Waals surface area contributed by atoms with Crippen LogP contribution in [0.25, 0.3) is 11.4 Å². The minimum Gasteiger partial charge on any atom is -0.377 e. The van der Waals surface area contributed by atoms with E-state index in [9.17, 15) is 13.9 Å². The van der Waals surface area contributed by atoms with Crippen molar-refractivity contribution >= 4 is 45.2 Å². The van der Waals surface area contributed by atoms with Gasteiger partial charge >= 0.3 is 6.03 Å². The van der Waals surface area contributed by atoms with E-state index in [2.05, 4.69) is 32.5 Å². The molecule has 1 saturated carbocycles. The number of anilines is 3. The Kier molecular flexibility index (Phi) is 7.43. The number of nitrogens with one attached hydrogen (secondary N) is 2. The van der Waals surface area contributed by atoms with Gasteiger partial charge in [0.15, 0.2) is 5.82 Å². The zero-order chi connectivity index (χ0) is 29.6. The topological polar surface area (TPSA) is 151 Å². The van der Waals surface area contributed by atoms with Crippen LogP contribution < -0.4 is 15.5 Å². The van der Waals surface area contributed by atoms with Crippen LogP contribution in [0.1, 0.15) is 36.2 Å². The van der Waals surface area contributed by atoms with Crippen LogP contribution >= 0.6 is 21.9 Å². The summed E-state index contributed by atoms with van der Waals surface area (Å²) in [6, 6.07) is 8.89. The van der Waals surface area contributed by atoms with Crippen LogP contribution in [-0.4, -0.2) is 65.7 Å². The summed E-state index contributed by atoms with van der Waals surface area (Å²) in [4.78, 5) is 29.0. The van der Waals surface area contributed by atoms with Crippen molar-refractivity contribution in [2.45, 2.75) is 48.6 Å². The molecule has 3 aromatic heterocycles. The van der Waals surface area contributed by atoms with E-state index in [1.165, 1.54) is 11.3 Å². The zero-order valence-electron chi connectivity index (χ0n) is 23.9. The average molecular weight is 611 g/mol. The van der Waals surface area contributed by atoms with Crippen molar-refractivity contribution in [2.75, 3.05) is 35.3 Å². The van der Waals surface area contributed by atoms with Crippen LogP contribution in [0.4, 0.5) is 22.0 Å². The Morgan fingerprint density at radius 1 is 1.12 bits per heavy atom. The Hall–Kier alpha value is -3.56. The fourth-order valence-corrected chi connectivity index (χ4v) is 9.08. The lowest BCUT2D eigenvalue weighted by molar-refractivity contribution is 0.0985. The maximum Gasteiger partial charge on any atom is 0.323 e. The molecule has 12 nitrogen and oxygen atoms in total. The largest absolute Gasteiger partial charge is 0.377 e. The lowest BCUT2D eigenvalue weighted by atomic mass is 10.1. The van der Waals surface area contributed by atoms with Crippen molar-refractivity contribution < 1.29 is 18.6 Å². The minimum absolute atomic E-state index is 0.0983. The molecule has 0 radical (unpaired) electrons. The molecule has 1 aromatic carbocycles. The fraction of sp³-hybridized carbons (Fsp3) is 0.393. The molecule has 2 amide bonds. The molecule has 222 valence electrons. The molecule has 0 spiro atoms. The van der Waals surface area contributed by atoms with E-state index in [-0.39, 0.29) is 12.1 Å². The molecule has 14 heteroatoms. The second kappa shape index (κ2) is 10.9. The van der Waals surface area contributed by atoms with Crippen molar-refractivity contribution in [3.8, 4) is 11.4 Å². The molecule has 1 saturated heterocycles. The molecule has 42 heavy (non-hydrogen) atoms. The Balaban J connectivity index is 1.33. The third kappa shape index (κ3) is 5.36. The molecule has 1 atom stereocenters. The van der Waals surface area contributed by atoms with Crippen molar-refractivity contribution in [1.29, 1.82) is 0 Å². The van der Waals surface area contributed by atoms with E-state index in [0.717, 1.165) is 16.4 Å². The summed E-state index contributed by atoms with van der Waals surface area (Å²) in [6.45, 7) is 7.61. The van der Waals surface area contributed by atoms with Crippen LogP contribution in [0.5, 0.6) is 0 Å². The maximum atomic E-state index is 12.4. The number of amides is 2. The maximum absolute atomic E-state index is 12.4. The average Bonchev–Trinajstić information content (AvgIpc) is 3.58. The van der Waals surface area contributed by atoms with E-state index >= 15 is 0 Å². The second-order valence-corrected chi connectivity index (χ2v) is 14.5. The number of hydrogen-bond acceptors (Lipinski definition) is 10. The zero-order valence-corrected chi connectivity index (χ0v) is 25.5. The Morgan fingerprint density at radius 2 is 1.86 bits per heavy atom. The van der Waals surface area contributed by atoms with Gasteiger partial charge in [0, 0.05) is 37.1 Å². The highest BCUT2D eigenvalue weighted by Crippen LogP contribution is 2.76. The summed E-state index contributed by atoms with van der Waals surface area (Å²) >= 11 is 1.34. The number of morpholine rings is 1. The van der Waals surface area contributed by atoms with Crippen molar-refractivity contribution in [1.82, 2.24) is 24.7 Å². The van der Waals surface area contributed by atoms with Crippen LogP contribution in [0.2, 0.25) is 0 Å². The van der Waals surface area contributed by atoms with E-state index in [1.54, 1.807) is 36.3 Å². The highest BCUT2D eigenvalue weighted by molar-refractivity contribution is 8.26.